The minimum Gasteiger partial charge on any atom is -0.342 e. The smallest absolute Gasteiger partial charge is 0.228 e. The summed E-state index contributed by atoms with van der Waals surface area (Å²) in [6, 6.07) is 10.3. The van der Waals surface area contributed by atoms with Crippen molar-refractivity contribution in [1.29, 1.82) is 0 Å². The molecule has 1 aromatic rings. The number of hydrogen-bond donors (Lipinski definition) is 0. The highest BCUT2D eigenvalue weighted by atomic mass is 16.2. The topological polar surface area (TPSA) is 40.6 Å². The highest BCUT2D eigenvalue weighted by molar-refractivity contribution is 5.83. The van der Waals surface area contributed by atoms with E-state index in [4.69, 9.17) is 0 Å². The Labute approximate surface area is 144 Å². The molecule has 2 fully saturated rings. The Bertz CT molecular complexity index is 581. The van der Waals surface area contributed by atoms with Gasteiger partial charge in [0.1, 0.15) is 0 Å². The fourth-order valence-electron chi connectivity index (χ4n) is 3.50. The van der Waals surface area contributed by atoms with Crippen LogP contribution in [0, 0.1) is 11.8 Å². The van der Waals surface area contributed by atoms with Crippen LogP contribution in [0.5, 0.6) is 0 Å². The maximum atomic E-state index is 13.1. The van der Waals surface area contributed by atoms with Gasteiger partial charge in [0.25, 0.3) is 0 Å². The molecule has 1 aliphatic heterocycles. The van der Waals surface area contributed by atoms with Crippen molar-refractivity contribution in [3.8, 4) is 0 Å². The molecule has 1 unspecified atom stereocenters. The van der Waals surface area contributed by atoms with Crippen molar-refractivity contribution < 1.29 is 9.59 Å². The predicted octanol–water partition coefficient (Wildman–Crippen LogP) is 3.07. The Kier molecular flexibility index (Phi) is 5.22. The van der Waals surface area contributed by atoms with Gasteiger partial charge in [-0.05, 0) is 45.1 Å². The van der Waals surface area contributed by atoms with Crippen molar-refractivity contribution in [1.82, 2.24) is 9.80 Å². The van der Waals surface area contributed by atoms with Crippen molar-refractivity contribution in [3.05, 3.63) is 35.9 Å². The first kappa shape index (κ1) is 17.0. The van der Waals surface area contributed by atoms with Gasteiger partial charge in [-0.3, -0.25) is 9.59 Å². The molecule has 1 heterocycles. The standard InChI is InChI=1S/C20H28N2O2/c1-15(2)22(13-16-7-4-3-5-8-16)20(24)18-9-6-12-21(14-18)19(23)17-10-11-17/h3-5,7-8,15,17-18H,6,9-14H2,1-2H3. The first-order valence-electron chi connectivity index (χ1n) is 9.19. The molecule has 1 saturated heterocycles. The fourth-order valence-corrected chi connectivity index (χ4v) is 3.50. The van der Waals surface area contributed by atoms with Crippen LogP contribution in [-0.2, 0) is 16.1 Å². The number of hydrogen-bond acceptors (Lipinski definition) is 2. The molecule has 4 heteroatoms. The van der Waals surface area contributed by atoms with Crippen molar-refractivity contribution in [2.24, 2.45) is 11.8 Å². The Balaban J connectivity index is 1.66. The van der Waals surface area contributed by atoms with Crippen LogP contribution in [0.15, 0.2) is 30.3 Å². The van der Waals surface area contributed by atoms with Crippen LogP contribution in [0.1, 0.15) is 45.1 Å². The lowest BCUT2D eigenvalue weighted by atomic mass is 9.95. The largest absolute Gasteiger partial charge is 0.342 e. The zero-order chi connectivity index (χ0) is 17.1. The monoisotopic (exact) mass is 328 g/mol. The molecule has 1 aliphatic carbocycles. The summed E-state index contributed by atoms with van der Waals surface area (Å²) >= 11 is 0. The fraction of sp³-hybridized carbons (Fsp3) is 0.600. The molecule has 4 nitrogen and oxygen atoms in total. The van der Waals surface area contributed by atoms with Crippen molar-refractivity contribution in [2.75, 3.05) is 13.1 Å². The highest BCUT2D eigenvalue weighted by Crippen LogP contribution is 2.33. The van der Waals surface area contributed by atoms with Crippen LogP contribution in [0.3, 0.4) is 0 Å². The lowest BCUT2D eigenvalue weighted by molar-refractivity contribution is -0.143. The summed E-state index contributed by atoms with van der Waals surface area (Å²) in [5.41, 5.74) is 1.15. The third kappa shape index (κ3) is 3.97. The molecule has 0 spiro atoms. The average Bonchev–Trinajstić information content (AvgIpc) is 3.44. The van der Waals surface area contributed by atoms with Crippen LogP contribution in [0.25, 0.3) is 0 Å². The van der Waals surface area contributed by atoms with Gasteiger partial charge < -0.3 is 9.80 Å². The van der Waals surface area contributed by atoms with Crippen LogP contribution in [-0.4, -0.2) is 40.7 Å². The maximum Gasteiger partial charge on any atom is 0.228 e. The van der Waals surface area contributed by atoms with E-state index in [1.54, 1.807) is 0 Å². The van der Waals surface area contributed by atoms with E-state index in [0.717, 1.165) is 37.8 Å². The molecule has 0 radical (unpaired) electrons. The first-order valence-corrected chi connectivity index (χ1v) is 9.19. The van der Waals surface area contributed by atoms with Gasteiger partial charge in [0.2, 0.25) is 11.8 Å². The molecule has 1 atom stereocenters. The number of nitrogens with zero attached hydrogens (tertiary/aromatic N) is 2. The van der Waals surface area contributed by atoms with Crippen molar-refractivity contribution in [3.63, 3.8) is 0 Å². The molecular formula is C20H28N2O2. The highest BCUT2D eigenvalue weighted by Gasteiger charge is 2.37. The summed E-state index contributed by atoms with van der Waals surface area (Å²) in [6.45, 7) is 6.20. The third-order valence-corrected chi connectivity index (χ3v) is 5.11. The van der Waals surface area contributed by atoms with Gasteiger partial charge in [-0.25, -0.2) is 0 Å². The van der Waals surface area contributed by atoms with Crippen LogP contribution < -0.4 is 0 Å². The molecular weight excluding hydrogens is 300 g/mol. The van der Waals surface area contributed by atoms with E-state index in [0.29, 0.717) is 13.1 Å². The van der Waals surface area contributed by atoms with Gasteiger partial charge in [-0.15, -0.1) is 0 Å². The number of amides is 2. The van der Waals surface area contributed by atoms with E-state index in [1.165, 1.54) is 0 Å². The van der Waals surface area contributed by atoms with E-state index >= 15 is 0 Å². The number of likely N-dealkylation sites (tertiary alicyclic amines) is 1. The van der Waals surface area contributed by atoms with Gasteiger partial charge in [0.15, 0.2) is 0 Å². The molecule has 1 aromatic carbocycles. The number of carbonyl (C=O) groups is 2. The lowest BCUT2D eigenvalue weighted by Gasteiger charge is -2.36. The summed E-state index contributed by atoms with van der Waals surface area (Å²) < 4.78 is 0. The van der Waals surface area contributed by atoms with E-state index in [1.807, 2.05) is 28.0 Å². The molecule has 0 aromatic heterocycles. The van der Waals surface area contributed by atoms with Crippen LogP contribution >= 0.6 is 0 Å². The lowest BCUT2D eigenvalue weighted by Crippen LogP contribution is -2.48. The third-order valence-electron chi connectivity index (χ3n) is 5.11. The molecule has 2 aliphatic rings. The first-order chi connectivity index (χ1) is 11.6. The van der Waals surface area contributed by atoms with E-state index in [9.17, 15) is 9.59 Å². The second kappa shape index (κ2) is 7.37. The SMILES string of the molecule is CC(C)N(Cc1ccccc1)C(=O)C1CCCN(C(=O)C2CC2)C1. The van der Waals surface area contributed by atoms with E-state index in [-0.39, 0.29) is 29.7 Å². The van der Waals surface area contributed by atoms with Crippen molar-refractivity contribution >= 4 is 11.8 Å². The zero-order valence-corrected chi connectivity index (χ0v) is 14.8. The Hall–Kier alpha value is -1.84. The van der Waals surface area contributed by atoms with Gasteiger partial charge in [-0.2, -0.15) is 0 Å². The summed E-state index contributed by atoms with van der Waals surface area (Å²) in [6.07, 6.45) is 3.89. The van der Waals surface area contributed by atoms with Gasteiger partial charge in [0.05, 0.1) is 5.92 Å². The number of rotatable bonds is 5. The van der Waals surface area contributed by atoms with Gasteiger partial charge >= 0.3 is 0 Å². The predicted molar refractivity (Wildman–Crippen MR) is 94.2 cm³/mol. The molecule has 24 heavy (non-hydrogen) atoms. The van der Waals surface area contributed by atoms with Gasteiger partial charge in [0, 0.05) is 31.6 Å². The quantitative estimate of drug-likeness (QED) is 0.833. The summed E-state index contributed by atoms with van der Waals surface area (Å²) in [7, 11) is 0. The maximum absolute atomic E-state index is 13.1. The zero-order valence-electron chi connectivity index (χ0n) is 14.8. The van der Waals surface area contributed by atoms with Crippen LogP contribution in [0.2, 0.25) is 0 Å². The second-order valence-electron chi connectivity index (χ2n) is 7.44. The van der Waals surface area contributed by atoms with E-state index < -0.39 is 0 Å². The molecule has 0 N–H and O–H groups in total. The molecule has 1 saturated carbocycles. The van der Waals surface area contributed by atoms with E-state index in [2.05, 4.69) is 26.0 Å². The molecule has 0 bridgehead atoms. The Morgan fingerprint density at radius 2 is 1.83 bits per heavy atom. The summed E-state index contributed by atoms with van der Waals surface area (Å²) in [4.78, 5) is 29.3. The number of carbonyl (C=O) groups excluding carboxylic acids is 2. The van der Waals surface area contributed by atoms with Crippen molar-refractivity contribution in [2.45, 2.75) is 52.1 Å². The minimum absolute atomic E-state index is 0.0486. The molecule has 3 rings (SSSR count). The number of benzene rings is 1. The van der Waals surface area contributed by atoms with Gasteiger partial charge in [-0.1, -0.05) is 30.3 Å². The Morgan fingerprint density at radius 3 is 2.46 bits per heavy atom. The normalized spacial score (nSPS) is 21.0. The van der Waals surface area contributed by atoms with Crippen LogP contribution in [0.4, 0.5) is 0 Å². The Morgan fingerprint density at radius 1 is 1.12 bits per heavy atom. The number of piperidine rings is 1. The molecule has 2 amide bonds. The second-order valence-corrected chi connectivity index (χ2v) is 7.44. The molecule has 130 valence electrons. The average molecular weight is 328 g/mol. The summed E-state index contributed by atoms with van der Waals surface area (Å²) in [5.74, 6) is 0.658. The summed E-state index contributed by atoms with van der Waals surface area (Å²) in [5, 5.41) is 0. The minimum atomic E-state index is -0.0486.